The Kier molecular flexibility index (Phi) is 7.72. The molecule has 1 aromatic heterocycles. The normalized spacial score (nSPS) is 12.4. The van der Waals surface area contributed by atoms with Crippen molar-refractivity contribution >= 4 is 29.2 Å². The molecule has 0 saturated carbocycles. The fourth-order valence-corrected chi connectivity index (χ4v) is 3.78. The van der Waals surface area contributed by atoms with E-state index in [4.69, 9.17) is 32.7 Å². The number of aryl methyl sites for hydroxylation is 2. The second-order valence-corrected chi connectivity index (χ2v) is 8.24. The number of aliphatic carboxylic acids is 1. The Bertz CT molecular complexity index is 1010. The summed E-state index contributed by atoms with van der Waals surface area (Å²) in [5.41, 5.74) is 0.936. The number of rotatable bonds is 9. The van der Waals surface area contributed by atoms with E-state index in [-0.39, 0.29) is 12.6 Å². The Morgan fingerprint density at radius 3 is 1.84 bits per heavy atom. The fraction of sp³-hybridized carbons (Fsp3) is 0.292. The van der Waals surface area contributed by atoms with E-state index in [0.29, 0.717) is 39.0 Å². The second kappa shape index (κ2) is 10.3. The van der Waals surface area contributed by atoms with Crippen LogP contribution in [0.5, 0.6) is 6.01 Å². The van der Waals surface area contributed by atoms with Crippen molar-refractivity contribution < 1.29 is 19.4 Å². The molecule has 32 heavy (non-hydrogen) atoms. The number of aromatic nitrogens is 2. The summed E-state index contributed by atoms with van der Waals surface area (Å²) in [6.45, 7) is 5.80. The number of benzene rings is 2. The Hall–Kier alpha value is -2.67. The summed E-state index contributed by atoms with van der Waals surface area (Å²) in [7, 11) is 0. The van der Waals surface area contributed by atoms with Crippen molar-refractivity contribution in [2.24, 2.45) is 0 Å². The Balaban J connectivity index is 2.25. The van der Waals surface area contributed by atoms with E-state index in [0.717, 1.165) is 0 Å². The van der Waals surface area contributed by atoms with Gasteiger partial charge in [0.05, 0.1) is 0 Å². The largest absolute Gasteiger partial charge is 0.478 e. The zero-order chi connectivity index (χ0) is 23.3. The predicted molar refractivity (Wildman–Crippen MR) is 123 cm³/mol. The lowest BCUT2D eigenvalue weighted by atomic mass is 9.81. The number of nitrogens with zero attached hydrogens (tertiary/aromatic N) is 2. The molecular weight excluding hydrogens is 451 g/mol. The number of hydrogen-bond acceptors (Lipinski definition) is 5. The van der Waals surface area contributed by atoms with Crippen molar-refractivity contribution in [2.45, 2.75) is 38.9 Å². The van der Waals surface area contributed by atoms with Gasteiger partial charge in [-0.1, -0.05) is 54.4 Å². The number of halogens is 2. The van der Waals surface area contributed by atoms with Crippen LogP contribution in [0.1, 0.15) is 35.9 Å². The van der Waals surface area contributed by atoms with Crippen LogP contribution in [0.4, 0.5) is 0 Å². The predicted octanol–water partition coefficient (Wildman–Crippen LogP) is 5.60. The summed E-state index contributed by atoms with van der Waals surface area (Å²) in [5, 5.41) is 11.4. The number of hydrogen-bond donors (Lipinski definition) is 1. The molecule has 0 bridgehead atoms. The van der Waals surface area contributed by atoms with E-state index < -0.39 is 17.7 Å². The molecule has 0 aliphatic carbocycles. The van der Waals surface area contributed by atoms with Crippen molar-refractivity contribution in [2.75, 3.05) is 6.61 Å². The van der Waals surface area contributed by atoms with Gasteiger partial charge in [-0.25, -0.2) is 14.8 Å². The van der Waals surface area contributed by atoms with Crippen molar-refractivity contribution in [3.05, 3.63) is 87.2 Å². The van der Waals surface area contributed by atoms with Gasteiger partial charge in [-0.15, -0.1) is 0 Å². The summed E-state index contributed by atoms with van der Waals surface area (Å²) < 4.78 is 12.3. The molecule has 8 heteroatoms. The molecule has 3 rings (SSSR count). The first-order valence-electron chi connectivity index (χ1n) is 10.1. The van der Waals surface area contributed by atoms with Crippen LogP contribution in [-0.2, 0) is 15.1 Å². The standard InChI is InChI=1S/C24H24Cl2N2O4/c1-4-13-31-24(17-5-9-19(25)10-6-17,18-7-11-20(26)12-8-18)21(22(29)30)32-23-27-15(2)14-16(3)28-23/h5-12,14,21H,4,13H2,1-3H3,(H,29,30)/t21-/m0/s1. The zero-order valence-electron chi connectivity index (χ0n) is 18.0. The van der Waals surface area contributed by atoms with Crippen LogP contribution in [-0.4, -0.2) is 33.8 Å². The molecule has 3 aromatic rings. The smallest absolute Gasteiger partial charge is 0.348 e. The molecule has 0 radical (unpaired) electrons. The van der Waals surface area contributed by atoms with Gasteiger partial charge >= 0.3 is 12.0 Å². The molecule has 0 spiro atoms. The second-order valence-electron chi connectivity index (χ2n) is 7.37. The van der Waals surface area contributed by atoms with Crippen LogP contribution in [0.25, 0.3) is 0 Å². The molecule has 0 fully saturated rings. The van der Waals surface area contributed by atoms with Crippen LogP contribution in [0.15, 0.2) is 54.6 Å². The van der Waals surface area contributed by atoms with Crippen molar-refractivity contribution in [3.63, 3.8) is 0 Å². The lowest BCUT2D eigenvalue weighted by Crippen LogP contribution is -2.51. The third-order valence-corrected chi connectivity index (χ3v) is 5.36. The van der Waals surface area contributed by atoms with Crippen molar-refractivity contribution in [1.82, 2.24) is 9.97 Å². The van der Waals surface area contributed by atoms with E-state index in [2.05, 4.69) is 9.97 Å². The summed E-state index contributed by atoms with van der Waals surface area (Å²) in [5.74, 6) is -1.23. The Morgan fingerprint density at radius 1 is 0.969 bits per heavy atom. The van der Waals surface area contributed by atoms with E-state index in [1.807, 2.05) is 6.92 Å². The van der Waals surface area contributed by atoms with Gasteiger partial charge in [0, 0.05) is 28.0 Å². The summed E-state index contributed by atoms with van der Waals surface area (Å²) in [6.07, 6.45) is -0.840. The molecular formula is C24H24Cl2N2O4. The van der Waals surface area contributed by atoms with Crippen LogP contribution in [0.2, 0.25) is 10.0 Å². The highest BCUT2D eigenvalue weighted by Crippen LogP contribution is 2.40. The van der Waals surface area contributed by atoms with Gasteiger partial charge in [-0.2, -0.15) is 0 Å². The first kappa shape index (κ1) is 24.0. The number of carbonyl (C=O) groups is 1. The number of carboxylic acids is 1. The lowest BCUT2D eigenvalue weighted by Gasteiger charge is -2.39. The molecule has 168 valence electrons. The van der Waals surface area contributed by atoms with Crippen LogP contribution >= 0.6 is 23.2 Å². The number of ether oxygens (including phenoxy) is 2. The molecule has 2 aromatic carbocycles. The van der Waals surface area contributed by atoms with Crippen LogP contribution < -0.4 is 4.74 Å². The quantitative estimate of drug-likeness (QED) is 0.434. The Labute approximate surface area is 197 Å². The number of carboxylic acid groups (broad SMARTS) is 1. The van der Waals surface area contributed by atoms with Gasteiger partial charge in [-0.3, -0.25) is 0 Å². The molecule has 0 aliphatic rings. The summed E-state index contributed by atoms with van der Waals surface area (Å²) in [6, 6.07) is 15.4. The van der Waals surface area contributed by atoms with Gasteiger partial charge in [0.2, 0.25) is 6.10 Å². The van der Waals surface area contributed by atoms with E-state index in [1.54, 1.807) is 68.4 Å². The van der Waals surface area contributed by atoms with E-state index in [1.165, 1.54) is 0 Å². The Morgan fingerprint density at radius 2 is 1.44 bits per heavy atom. The maximum atomic E-state index is 12.7. The minimum Gasteiger partial charge on any atom is -0.478 e. The van der Waals surface area contributed by atoms with Gasteiger partial charge < -0.3 is 14.6 Å². The molecule has 0 amide bonds. The maximum absolute atomic E-state index is 12.7. The lowest BCUT2D eigenvalue weighted by molar-refractivity contribution is -0.164. The molecule has 0 saturated heterocycles. The molecule has 6 nitrogen and oxygen atoms in total. The summed E-state index contributed by atoms with van der Waals surface area (Å²) >= 11 is 12.2. The van der Waals surface area contributed by atoms with Crippen LogP contribution in [0.3, 0.4) is 0 Å². The average molecular weight is 475 g/mol. The molecule has 0 unspecified atom stereocenters. The highest BCUT2D eigenvalue weighted by Gasteiger charge is 2.50. The summed E-state index contributed by atoms with van der Waals surface area (Å²) in [4.78, 5) is 21.2. The fourth-order valence-electron chi connectivity index (χ4n) is 3.53. The monoisotopic (exact) mass is 474 g/mol. The third-order valence-electron chi connectivity index (χ3n) is 4.86. The van der Waals surface area contributed by atoms with E-state index >= 15 is 0 Å². The highest BCUT2D eigenvalue weighted by molar-refractivity contribution is 6.30. The molecule has 1 heterocycles. The van der Waals surface area contributed by atoms with Gasteiger partial charge in [-0.05, 0) is 61.7 Å². The maximum Gasteiger partial charge on any atom is 0.348 e. The van der Waals surface area contributed by atoms with E-state index in [9.17, 15) is 9.90 Å². The van der Waals surface area contributed by atoms with Crippen molar-refractivity contribution in [1.29, 1.82) is 0 Å². The molecule has 1 N–H and O–H groups in total. The van der Waals surface area contributed by atoms with Crippen LogP contribution in [0, 0.1) is 13.8 Å². The first-order chi connectivity index (χ1) is 15.3. The van der Waals surface area contributed by atoms with Gasteiger partial charge in [0.15, 0.2) is 5.60 Å². The van der Waals surface area contributed by atoms with Gasteiger partial charge in [0.25, 0.3) is 0 Å². The third kappa shape index (κ3) is 5.21. The highest BCUT2D eigenvalue weighted by atomic mass is 35.5. The zero-order valence-corrected chi connectivity index (χ0v) is 19.5. The molecule has 1 atom stereocenters. The topological polar surface area (TPSA) is 81.5 Å². The average Bonchev–Trinajstić information content (AvgIpc) is 2.74. The SMILES string of the molecule is CCCOC(c1ccc(Cl)cc1)(c1ccc(Cl)cc1)[C@@H](Oc1nc(C)cc(C)n1)C(=O)O. The van der Waals surface area contributed by atoms with Gasteiger partial charge in [0.1, 0.15) is 0 Å². The minimum atomic E-state index is -1.52. The first-order valence-corrected chi connectivity index (χ1v) is 10.9. The molecule has 0 aliphatic heterocycles. The minimum absolute atomic E-state index is 0.0395. The van der Waals surface area contributed by atoms with Crippen molar-refractivity contribution in [3.8, 4) is 6.01 Å².